The minimum atomic E-state index is 0.232. The highest BCUT2D eigenvalue weighted by atomic mass is 35.5. The van der Waals surface area contributed by atoms with Gasteiger partial charge in [0.25, 0.3) is 0 Å². The summed E-state index contributed by atoms with van der Waals surface area (Å²) in [6, 6.07) is 0. The van der Waals surface area contributed by atoms with Crippen molar-refractivity contribution >= 4 is 17.5 Å². The number of rotatable bonds is 3. The lowest BCUT2D eigenvalue weighted by Gasteiger charge is -2.31. The monoisotopic (exact) mass is 283 g/mol. The molecule has 5 heteroatoms. The quantitative estimate of drug-likeness (QED) is 0.855. The van der Waals surface area contributed by atoms with Gasteiger partial charge in [0.15, 0.2) is 0 Å². The summed E-state index contributed by atoms with van der Waals surface area (Å²) in [5, 5.41) is 5.06. The number of likely N-dealkylation sites (tertiary alicyclic amines) is 1. The summed E-state index contributed by atoms with van der Waals surface area (Å²) >= 11 is 6.10. The first kappa shape index (κ1) is 14.4. The molecular weight excluding hydrogens is 262 g/mol. The van der Waals surface area contributed by atoms with Crippen molar-refractivity contribution in [1.82, 2.24) is 14.7 Å². The summed E-state index contributed by atoms with van der Waals surface area (Å²) in [7, 11) is 0. The lowest BCUT2D eigenvalue weighted by molar-refractivity contribution is -0.133. The van der Waals surface area contributed by atoms with Gasteiger partial charge in [0.1, 0.15) is 0 Å². The minimum absolute atomic E-state index is 0.232. The number of amides is 1. The Balaban J connectivity index is 1.91. The molecule has 1 saturated heterocycles. The van der Waals surface area contributed by atoms with Gasteiger partial charge in [0.05, 0.1) is 23.0 Å². The Hall–Kier alpha value is -1.03. The molecule has 0 aromatic carbocycles. The van der Waals surface area contributed by atoms with Crippen molar-refractivity contribution in [3.63, 3.8) is 0 Å². The third-order valence-electron chi connectivity index (χ3n) is 3.84. The summed E-state index contributed by atoms with van der Waals surface area (Å²) < 4.78 is 1.84. The third kappa shape index (κ3) is 3.30. The minimum Gasteiger partial charge on any atom is -0.342 e. The van der Waals surface area contributed by atoms with Crippen molar-refractivity contribution in [2.24, 2.45) is 5.92 Å². The van der Waals surface area contributed by atoms with Crippen LogP contribution < -0.4 is 0 Å². The van der Waals surface area contributed by atoms with E-state index in [1.807, 2.05) is 23.4 Å². The van der Waals surface area contributed by atoms with Crippen molar-refractivity contribution in [2.45, 2.75) is 46.6 Å². The lowest BCUT2D eigenvalue weighted by Crippen LogP contribution is -2.39. The molecule has 19 heavy (non-hydrogen) atoms. The molecule has 0 bridgehead atoms. The first-order valence-electron chi connectivity index (χ1n) is 6.96. The van der Waals surface area contributed by atoms with E-state index >= 15 is 0 Å². The van der Waals surface area contributed by atoms with Crippen LogP contribution in [0.2, 0.25) is 5.02 Å². The first-order valence-corrected chi connectivity index (χ1v) is 7.34. The Morgan fingerprint density at radius 1 is 1.47 bits per heavy atom. The van der Waals surface area contributed by atoms with E-state index in [9.17, 15) is 4.79 Å². The average molecular weight is 284 g/mol. The highest BCUT2D eigenvalue weighted by Gasteiger charge is 2.21. The van der Waals surface area contributed by atoms with Crippen molar-refractivity contribution in [3.05, 3.63) is 16.4 Å². The van der Waals surface area contributed by atoms with Crippen molar-refractivity contribution in [2.75, 3.05) is 13.1 Å². The van der Waals surface area contributed by atoms with Crippen LogP contribution in [0.3, 0.4) is 0 Å². The Morgan fingerprint density at radius 3 is 2.79 bits per heavy atom. The van der Waals surface area contributed by atoms with E-state index in [0.717, 1.165) is 30.9 Å². The molecule has 1 atom stereocenters. The number of aromatic nitrogens is 2. The molecule has 0 saturated carbocycles. The molecule has 1 amide bonds. The Labute approximate surface area is 119 Å². The maximum absolute atomic E-state index is 12.2. The van der Waals surface area contributed by atoms with E-state index in [-0.39, 0.29) is 5.91 Å². The van der Waals surface area contributed by atoms with Gasteiger partial charge in [0.2, 0.25) is 5.91 Å². The molecule has 4 nitrogen and oxygen atoms in total. The zero-order valence-corrected chi connectivity index (χ0v) is 12.7. The maximum atomic E-state index is 12.2. The normalized spacial score (nSPS) is 19.8. The number of halogens is 1. The number of aryl methyl sites for hydroxylation is 2. The number of carbonyl (C=O) groups is 1. The fraction of sp³-hybridized carbons (Fsp3) is 0.714. The molecule has 0 aliphatic carbocycles. The predicted octanol–water partition coefficient (Wildman–Crippen LogP) is 2.80. The van der Waals surface area contributed by atoms with Crippen molar-refractivity contribution in [3.8, 4) is 0 Å². The summed E-state index contributed by atoms with van der Waals surface area (Å²) in [6.45, 7) is 8.46. The summed E-state index contributed by atoms with van der Waals surface area (Å²) in [6.07, 6.45) is 2.86. The van der Waals surface area contributed by atoms with E-state index in [0.29, 0.717) is 23.9 Å². The summed E-state index contributed by atoms with van der Waals surface area (Å²) in [5.41, 5.74) is 1.78. The summed E-state index contributed by atoms with van der Waals surface area (Å²) in [4.78, 5) is 14.2. The van der Waals surface area contributed by atoms with Gasteiger partial charge in [-0.15, -0.1) is 0 Å². The van der Waals surface area contributed by atoms with Crippen LogP contribution in [0, 0.1) is 19.8 Å². The highest BCUT2D eigenvalue weighted by molar-refractivity contribution is 6.31. The fourth-order valence-corrected chi connectivity index (χ4v) is 2.80. The molecule has 106 valence electrons. The standard InChI is InChI=1S/C14H22ClN3O/c1-10-5-4-7-17(9-10)13(19)6-8-18-12(3)14(15)11(2)16-18/h10H,4-9H2,1-3H3/t10-/m1/s1. The second-order valence-electron chi connectivity index (χ2n) is 5.55. The number of piperidine rings is 1. The molecule has 1 aromatic heterocycles. The second kappa shape index (κ2) is 5.95. The number of nitrogens with zero attached hydrogens (tertiary/aromatic N) is 3. The van der Waals surface area contributed by atoms with Crippen LogP contribution in [0.1, 0.15) is 37.6 Å². The molecule has 2 rings (SSSR count). The average Bonchev–Trinajstić information content (AvgIpc) is 2.63. The summed E-state index contributed by atoms with van der Waals surface area (Å²) in [5.74, 6) is 0.857. The van der Waals surface area contributed by atoms with Crippen LogP contribution in [0.25, 0.3) is 0 Å². The molecule has 0 unspecified atom stereocenters. The van der Waals surface area contributed by atoms with E-state index < -0.39 is 0 Å². The van der Waals surface area contributed by atoms with Gasteiger partial charge >= 0.3 is 0 Å². The highest BCUT2D eigenvalue weighted by Crippen LogP contribution is 2.20. The van der Waals surface area contributed by atoms with E-state index in [2.05, 4.69) is 12.0 Å². The topological polar surface area (TPSA) is 38.1 Å². The number of carbonyl (C=O) groups excluding carboxylic acids is 1. The molecular formula is C14H22ClN3O. The molecule has 1 aromatic rings. The number of hydrogen-bond donors (Lipinski definition) is 0. The van der Waals surface area contributed by atoms with Crippen molar-refractivity contribution in [1.29, 1.82) is 0 Å². The van der Waals surface area contributed by atoms with Crippen LogP contribution in [-0.2, 0) is 11.3 Å². The SMILES string of the molecule is Cc1nn(CCC(=O)N2CCC[C@@H](C)C2)c(C)c1Cl. The maximum Gasteiger partial charge on any atom is 0.224 e. The van der Waals surface area contributed by atoms with Gasteiger partial charge in [0, 0.05) is 19.5 Å². The Morgan fingerprint density at radius 2 is 2.21 bits per heavy atom. The molecule has 0 radical (unpaired) electrons. The van der Waals surface area contributed by atoms with Gasteiger partial charge in [-0.1, -0.05) is 18.5 Å². The van der Waals surface area contributed by atoms with Crippen LogP contribution in [-0.4, -0.2) is 33.7 Å². The molecule has 2 heterocycles. The Kier molecular flexibility index (Phi) is 4.50. The van der Waals surface area contributed by atoms with Gasteiger partial charge in [-0.2, -0.15) is 5.10 Å². The largest absolute Gasteiger partial charge is 0.342 e. The van der Waals surface area contributed by atoms with Gasteiger partial charge < -0.3 is 4.90 Å². The van der Waals surface area contributed by atoms with Crippen LogP contribution in [0.15, 0.2) is 0 Å². The second-order valence-corrected chi connectivity index (χ2v) is 5.92. The molecule has 1 aliphatic rings. The van der Waals surface area contributed by atoms with Gasteiger partial charge in [-0.25, -0.2) is 0 Å². The number of hydrogen-bond acceptors (Lipinski definition) is 2. The van der Waals surface area contributed by atoms with Gasteiger partial charge in [-0.3, -0.25) is 9.48 Å². The fourth-order valence-electron chi connectivity index (χ4n) is 2.67. The van der Waals surface area contributed by atoms with Gasteiger partial charge in [-0.05, 0) is 32.6 Å². The predicted molar refractivity (Wildman–Crippen MR) is 76.3 cm³/mol. The zero-order chi connectivity index (χ0) is 14.0. The molecule has 1 fully saturated rings. The van der Waals surface area contributed by atoms with Crippen molar-refractivity contribution < 1.29 is 4.79 Å². The molecule has 1 aliphatic heterocycles. The molecule has 0 spiro atoms. The van der Waals surface area contributed by atoms with E-state index in [1.54, 1.807) is 0 Å². The molecule has 0 N–H and O–H groups in total. The van der Waals surface area contributed by atoms with Crippen LogP contribution >= 0.6 is 11.6 Å². The van der Waals surface area contributed by atoms with E-state index in [1.165, 1.54) is 6.42 Å². The van der Waals surface area contributed by atoms with Crippen LogP contribution in [0.5, 0.6) is 0 Å². The lowest BCUT2D eigenvalue weighted by atomic mass is 10.00. The van der Waals surface area contributed by atoms with E-state index in [4.69, 9.17) is 11.6 Å². The van der Waals surface area contributed by atoms with Crippen LogP contribution in [0.4, 0.5) is 0 Å². The Bertz CT molecular complexity index is 470. The third-order valence-corrected chi connectivity index (χ3v) is 4.39. The first-order chi connectivity index (χ1) is 8.99. The smallest absolute Gasteiger partial charge is 0.224 e. The zero-order valence-electron chi connectivity index (χ0n) is 11.9.